The van der Waals surface area contributed by atoms with Gasteiger partial charge in [0.25, 0.3) is 0 Å². The number of ketones is 2. The summed E-state index contributed by atoms with van der Waals surface area (Å²) in [7, 11) is 0. The summed E-state index contributed by atoms with van der Waals surface area (Å²) in [4.78, 5) is 28.2. The van der Waals surface area contributed by atoms with Crippen molar-refractivity contribution in [2.75, 3.05) is 19.6 Å². The fraction of sp³-hybridized carbons (Fsp3) is 0.487. The van der Waals surface area contributed by atoms with Crippen molar-refractivity contribution in [3.8, 4) is 0 Å². The Morgan fingerprint density at radius 1 is 0.784 bits per heavy atom. The number of hydrogen-bond acceptors (Lipinski definition) is 5. The Bertz CT molecular complexity index is 1400. The van der Waals surface area contributed by atoms with Gasteiger partial charge in [-0.15, -0.1) is 0 Å². The van der Waals surface area contributed by atoms with E-state index in [1.54, 1.807) is 18.2 Å². The first-order valence-corrected chi connectivity index (χ1v) is 17.7. The Kier molecular flexibility index (Phi) is 29.8. The third-order valence-corrected chi connectivity index (χ3v) is 7.10. The zero-order chi connectivity index (χ0) is 38.9. The lowest BCUT2D eigenvalue weighted by molar-refractivity contribution is -0.161. The summed E-state index contributed by atoms with van der Waals surface area (Å²) < 4.78 is 38.2. The fourth-order valence-electron chi connectivity index (χ4n) is 4.76. The fourth-order valence-corrected chi connectivity index (χ4v) is 4.76. The van der Waals surface area contributed by atoms with Gasteiger partial charge in [0.05, 0.1) is 0 Å². The first kappa shape index (κ1) is 48.5. The smallest absolute Gasteiger partial charge is 0.310 e. The highest BCUT2D eigenvalue weighted by atomic mass is 19.4. The molecule has 3 unspecified atom stereocenters. The summed E-state index contributed by atoms with van der Waals surface area (Å²) in [5.41, 5.74) is 18.2. The normalized spacial score (nSPS) is 14.6. The summed E-state index contributed by atoms with van der Waals surface area (Å²) in [5.74, 6) is -2.27. The Labute approximate surface area is 302 Å². The van der Waals surface area contributed by atoms with E-state index in [1.165, 1.54) is 49.2 Å². The second-order valence-electron chi connectivity index (χ2n) is 10.4. The summed E-state index contributed by atoms with van der Waals surface area (Å²) in [6, 6.07) is 27.7. The van der Waals surface area contributed by atoms with Gasteiger partial charge >= 0.3 is 6.18 Å². The number of nitrogens with one attached hydrogen (secondary N) is 1. The molecule has 0 bridgehead atoms. The van der Waals surface area contributed by atoms with Crippen molar-refractivity contribution in [2.45, 2.75) is 92.8 Å². The van der Waals surface area contributed by atoms with E-state index in [0.29, 0.717) is 31.0 Å². The molecule has 1 aliphatic heterocycles. The number of carbonyl (C=O) groups is 2. The van der Waals surface area contributed by atoms with Crippen LogP contribution in [0.2, 0.25) is 0 Å². The molecule has 1 fully saturated rings. The first-order chi connectivity index (χ1) is 24.7. The van der Waals surface area contributed by atoms with Crippen LogP contribution in [0, 0.1) is 11.8 Å². The number of benzene rings is 3. The molecule has 0 saturated carbocycles. The lowest BCUT2D eigenvalue weighted by Gasteiger charge is -2.30. The molecule has 12 heteroatoms. The Balaban J connectivity index is 0. The molecule has 3 atom stereocenters. The average Bonchev–Trinajstić information content (AvgIpc) is 3.18. The predicted molar refractivity (Wildman–Crippen MR) is 203 cm³/mol. The molecular weight excluding hydrogens is 655 g/mol. The highest BCUT2D eigenvalue weighted by Crippen LogP contribution is 2.32. The van der Waals surface area contributed by atoms with E-state index in [2.05, 4.69) is 62.6 Å². The lowest BCUT2D eigenvalue weighted by Crippen LogP contribution is -2.32. The number of carbonyl (C=O) groups excluding carboxylic acids is 2. The molecule has 51 heavy (non-hydrogen) atoms. The number of azide groups is 2. The number of rotatable bonds is 11. The van der Waals surface area contributed by atoms with Gasteiger partial charge in [0.15, 0.2) is 11.6 Å². The Morgan fingerprint density at radius 3 is 1.73 bits per heavy atom. The maximum absolute atomic E-state index is 12.7. The molecule has 0 aromatic heterocycles. The van der Waals surface area contributed by atoms with Gasteiger partial charge < -0.3 is 5.32 Å². The van der Waals surface area contributed by atoms with E-state index in [4.69, 9.17) is 11.1 Å². The molecule has 4 rings (SSSR count). The van der Waals surface area contributed by atoms with Crippen molar-refractivity contribution in [1.82, 2.24) is 5.32 Å². The molecule has 1 aliphatic rings. The quantitative estimate of drug-likeness (QED) is 0.0694. The van der Waals surface area contributed by atoms with Gasteiger partial charge in [-0.1, -0.05) is 150 Å². The molecule has 1 saturated heterocycles. The highest BCUT2D eigenvalue weighted by molar-refractivity contribution is 5.98. The lowest BCUT2D eigenvalue weighted by atomic mass is 9.88. The van der Waals surface area contributed by atoms with Crippen LogP contribution in [0.1, 0.15) is 113 Å². The summed E-state index contributed by atoms with van der Waals surface area (Å²) in [6.07, 6.45) is -1.46. The molecule has 3 aromatic carbocycles. The van der Waals surface area contributed by atoms with Gasteiger partial charge in [0.1, 0.15) is 5.92 Å². The van der Waals surface area contributed by atoms with Crippen LogP contribution in [0.15, 0.2) is 101 Å². The van der Waals surface area contributed by atoms with Gasteiger partial charge in [0, 0.05) is 46.5 Å². The molecular formula is C39H56F3N7O2. The van der Waals surface area contributed by atoms with E-state index >= 15 is 0 Å². The van der Waals surface area contributed by atoms with Crippen LogP contribution < -0.4 is 5.32 Å². The van der Waals surface area contributed by atoms with Crippen molar-refractivity contribution in [3.63, 3.8) is 0 Å². The van der Waals surface area contributed by atoms with Crippen LogP contribution in [0.25, 0.3) is 20.9 Å². The van der Waals surface area contributed by atoms with Gasteiger partial charge in [-0.05, 0) is 54.8 Å². The molecule has 280 valence electrons. The predicted octanol–water partition coefficient (Wildman–Crippen LogP) is 12.5. The number of halogens is 3. The van der Waals surface area contributed by atoms with Gasteiger partial charge in [-0.2, -0.15) is 13.2 Å². The molecule has 3 aromatic rings. The van der Waals surface area contributed by atoms with E-state index in [9.17, 15) is 22.8 Å². The summed E-state index contributed by atoms with van der Waals surface area (Å²) in [6.45, 7) is 15.5. The van der Waals surface area contributed by atoms with Crippen LogP contribution in [0.5, 0.6) is 0 Å². The number of nitrogens with zero attached hydrogens (tertiary/aromatic N) is 6. The Hall–Kier alpha value is -4.63. The third kappa shape index (κ3) is 21.3. The first-order valence-electron chi connectivity index (χ1n) is 17.7. The van der Waals surface area contributed by atoms with E-state index in [1.807, 2.05) is 59.7 Å². The molecule has 1 heterocycles. The molecule has 0 spiro atoms. The van der Waals surface area contributed by atoms with Crippen molar-refractivity contribution in [3.05, 3.63) is 129 Å². The minimum absolute atomic E-state index is 0.000706. The SMILES string of the molecule is CC.CC.CC.CC1CCCNC1c1ccccc1.[N-]=[N+]=NCCC(C(=O)c1ccccc1)C(F)(F)F.[N-]=[N+]=NCCCC(=O)c1ccccc1. The van der Waals surface area contributed by atoms with Crippen molar-refractivity contribution in [1.29, 1.82) is 0 Å². The molecule has 0 amide bonds. The molecule has 0 radical (unpaired) electrons. The number of alkyl halides is 3. The summed E-state index contributed by atoms with van der Waals surface area (Å²) >= 11 is 0. The minimum atomic E-state index is -4.64. The van der Waals surface area contributed by atoms with Gasteiger partial charge in [-0.25, -0.2) is 0 Å². The number of piperidine rings is 1. The zero-order valence-electron chi connectivity index (χ0n) is 31.2. The Morgan fingerprint density at radius 2 is 1.25 bits per heavy atom. The van der Waals surface area contributed by atoms with E-state index in [-0.39, 0.29) is 17.9 Å². The average molecular weight is 712 g/mol. The van der Waals surface area contributed by atoms with Gasteiger partial charge in [-0.3, -0.25) is 9.59 Å². The molecule has 9 nitrogen and oxygen atoms in total. The van der Waals surface area contributed by atoms with Gasteiger partial charge in [0.2, 0.25) is 0 Å². The zero-order valence-corrected chi connectivity index (χ0v) is 31.2. The van der Waals surface area contributed by atoms with Crippen LogP contribution in [0.3, 0.4) is 0 Å². The topological polar surface area (TPSA) is 144 Å². The molecule has 0 aliphatic carbocycles. The number of Topliss-reactive ketones (excluding diaryl/α,β-unsaturated/α-hetero) is 2. The standard InChI is InChI=1S/C12H17N.C11H10F3N3O.C10H11N3O.3C2H6/c1-10-6-5-9-13-12(10)11-7-3-2-4-8-11;12-11(13,14)9(6-7-16-17-15)10(18)8-4-2-1-3-5-8;11-13-12-8-4-7-10(14)9-5-2-1-3-6-9;3*1-2/h2-4,7-8,10,12-13H,5-6,9H2,1H3;1-5,9H,6-7H2;1-3,5-6H,4,7-8H2;3*1-2H3. The second kappa shape index (κ2) is 31.4. The number of hydrogen-bond donors (Lipinski definition) is 1. The van der Waals surface area contributed by atoms with Crippen molar-refractivity contribution >= 4 is 11.6 Å². The second-order valence-corrected chi connectivity index (χ2v) is 10.4. The van der Waals surface area contributed by atoms with Crippen molar-refractivity contribution < 1.29 is 22.8 Å². The van der Waals surface area contributed by atoms with Crippen LogP contribution in [-0.2, 0) is 0 Å². The minimum Gasteiger partial charge on any atom is -0.310 e. The summed E-state index contributed by atoms with van der Waals surface area (Å²) in [5, 5.41) is 9.98. The van der Waals surface area contributed by atoms with Crippen LogP contribution >= 0.6 is 0 Å². The van der Waals surface area contributed by atoms with Crippen molar-refractivity contribution in [2.24, 2.45) is 22.1 Å². The monoisotopic (exact) mass is 711 g/mol. The van der Waals surface area contributed by atoms with E-state index in [0.717, 1.165) is 5.92 Å². The maximum Gasteiger partial charge on any atom is 0.398 e. The molecule has 1 N–H and O–H groups in total. The maximum atomic E-state index is 12.7. The van der Waals surface area contributed by atoms with Crippen LogP contribution in [0.4, 0.5) is 13.2 Å². The van der Waals surface area contributed by atoms with E-state index < -0.39 is 24.3 Å². The largest absolute Gasteiger partial charge is 0.398 e. The third-order valence-electron chi connectivity index (χ3n) is 7.10. The highest BCUT2D eigenvalue weighted by Gasteiger charge is 2.44. The van der Waals surface area contributed by atoms with Crippen LogP contribution in [-0.4, -0.2) is 37.4 Å².